The lowest BCUT2D eigenvalue weighted by Crippen LogP contribution is -2.58. The highest BCUT2D eigenvalue weighted by molar-refractivity contribution is 6.05. The number of rotatable bonds is 14. The molecule has 0 aliphatic carbocycles. The average Bonchev–Trinajstić information content (AvgIpc) is 3.72. The van der Waals surface area contributed by atoms with Crippen LogP contribution in [0.2, 0.25) is 0 Å². The van der Waals surface area contributed by atoms with Crippen LogP contribution in [0, 0.1) is 25.7 Å². The second kappa shape index (κ2) is 14.2. The summed E-state index contributed by atoms with van der Waals surface area (Å²) in [6.45, 7) is 13.0. The molecular weight excluding hydrogens is 598 g/mol. The Morgan fingerprint density at radius 3 is 2.60 bits per heavy atom. The van der Waals surface area contributed by atoms with Gasteiger partial charge in [-0.05, 0) is 62.8 Å². The zero-order valence-electron chi connectivity index (χ0n) is 27.4. The predicted molar refractivity (Wildman–Crippen MR) is 177 cm³/mol. The van der Waals surface area contributed by atoms with Crippen molar-refractivity contribution >= 4 is 29.4 Å². The van der Waals surface area contributed by atoms with Gasteiger partial charge in [0.15, 0.2) is 0 Å². The summed E-state index contributed by atoms with van der Waals surface area (Å²) in [6, 6.07) is 13.2. The number of hydrogen-bond acceptors (Lipinski definition) is 7. The Kier molecular flexibility index (Phi) is 10.3. The highest BCUT2D eigenvalue weighted by atomic mass is 16.6. The van der Waals surface area contributed by atoms with Gasteiger partial charge in [0.25, 0.3) is 5.91 Å². The molecule has 2 bridgehead atoms. The number of anilines is 1. The number of carbonyl (C=O) groups is 4. The molecule has 7 atom stereocenters. The van der Waals surface area contributed by atoms with Gasteiger partial charge in [0.1, 0.15) is 17.7 Å². The summed E-state index contributed by atoms with van der Waals surface area (Å²) in [5.41, 5.74) is 1.97. The van der Waals surface area contributed by atoms with E-state index < -0.39 is 53.6 Å². The van der Waals surface area contributed by atoms with Crippen molar-refractivity contribution in [2.75, 3.05) is 24.6 Å². The summed E-state index contributed by atoms with van der Waals surface area (Å²) >= 11 is 0. The Bertz CT molecular complexity index is 1530. The summed E-state index contributed by atoms with van der Waals surface area (Å²) in [7, 11) is 0. The molecule has 10 heteroatoms. The molecule has 5 rings (SSSR count). The van der Waals surface area contributed by atoms with E-state index in [1.54, 1.807) is 24.0 Å². The number of carbonyl (C=O) groups excluding carboxylic acids is 4. The number of aliphatic hydroxyl groups excluding tert-OH is 1. The molecule has 250 valence electrons. The molecule has 0 saturated carbocycles. The molecule has 3 saturated heterocycles. The van der Waals surface area contributed by atoms with Gasteiger partial charge in [-0.1, -0.05) is 54.6 Å². The van der Waals surface area contributed by atoms with Gasteiger partial charge in [-0.25, -0.2) is 0 Å². The van der Waals surface area contributed by atoms with Crippen LogP contribution in [-0.2, 0) is 28.7 Å². The topological polar surface area (TPSA) is 125 Å². The van der Waals surface area contributed by atoms with Crippen molar-refractivity contribution in [3.8, 4) is 0 Å². The van der Waals surface area contributed by atoms with Crippen molar-refractivity contribution in [3.05, 3.63) is 90.5 Å². The smallest absolute Gasteiger partial charge is 0.313 e. The minimum atomic E-state index is -1.27. The maximum absolute atomic E-state index is 14.7. The fourth-order valence-electron chi connectivity index (χ4n) is 7.44. The third kappa shape index (κ3) is 6.36. The maximum atomic E-state index is 14.7. The minimum Gasteiger partial charge on any atom is -0.455 e. The van der Waals surface area contributed by atoms with Gasteiger partial charge in [0.2, 0.25) is 11.8 Å². The van der Waals surface area contributed by atoms with Crippen LogP contribution in [0.4, 0.5) is 5.69 Å². The highest BCUT2D eigenvalue weighted by Crippen LogP contribution is 2.59. The molecule has 0 unspecified atom stereocenters. The number of ether oxygens (including phenoxy) is 2. The Hall–Kier alpha value is -4.28. The SMILES string of the molecule is C=CCCC(=O)NC[C@H](OC(=O)[C@@H]1[C@@H]2CC[C@]3(O2)[C@H](C(=O)N(CC=C)c2cc(C)ccc2C)N([C@H](C)CO)C(=O)[C@@H]13)c1ccccc1. The lowest BCUT2D eigenvalue weighted by molar-refractivity contribution is -0.161. The Balaban J connectivity index is 1.48. The minimum absolute atomic E-state index is 0.0505. The first-order chi connectivity index (χ1) is 22.6. The monoisotopic (exact) mass is 643 g/mol. The summed E-state index contributed by atoms with van der Waals surface area (Å²) in [5, 5.41) is 13.1. The number of allylic oxidation sites excluding steroid dienone is 1. The molecule has 2 aromatic rings. The van der Waals surface area contributed by atoms with Crippen LogP contribution in [0.5, 0.6) is 0 Å². The Morgan fingerprint density at radius 1 is 1.17 bits per heavy atom. The number of nitrogens with one attached hydrogen (secondary N) is 1. The zero-order valence-corrected chi connectivity index (χ0v) is 27.4. The number of benzene rings is 2. The fourth-order valence-corrected chi connectivity index (χ4v) is 7.44. The van der Waals surface area contributed by atoms with Crippen LogP contribution in [-0.4, -0.2) is 77.2 Å². The number of hydrogen-bond donors (Lipinski definition) is 2. The number of aryl methyl sites for hydroxylation is 2. The first-order valence-electron chi connectivity index (χ1n) is 16.3. The molecule has 1 spiro atoms. The van der Waals surface area contributed by atoms with Crippen molar-refractivity contribution in [1.29, 1.82) is 0 Å². The number of amides is 3. The molecule has 3 fully saturated rings. The van der Waals surface area contributed by atoms with Crippen molar-refractivity contribution in [1.82, 2.24) is 10.2 Å². The van der Waals surface area contributed by atoms with E-state index in [0.29, 0.717) is 30.5 Å². The number of likely N-dealkylation sites (tertiary alicyclic amines) is 1. The van der Waals surface area contributed by atoms with Crippen molar-refractivity contribution in [2.45, 2.75) is 76.3 Å². The average molecular weight is 644 g/mol. The van der Waals surface area contributed by atoms with E-state index >= 15 is 0 Å². The van der Waals surface area contributed by atoms with Crippen LogP contribution in [0.15, 0.2) is 73.8 Å². The zero-order chi connectivity index (χ0) is 33.9. The van der Waals surface area contributed by atoms with Crippen molar-refractivity contribution < 1.29 is 33.8 Å². The lowest BCUT2D eigenvalue weighted by Gasteiger charge is -2.38. The van der Waals surface area contributed by atoms with Crippen LogP contribution in [0.25, 0.3) is 0 Å². The molecular formula is C37H45N3O7. The third-order valence-corrected chi connectivity index (χ3v) is 9.71. The molecule has 3 heterocycles. The largest absolute Gasteiger partial charge is 0.455 e. The standard InChI is InChI=1S/C37H45N3O7/c1-6-8-14-30(42)38-21-29(26-12-10-9-11-13-26)46-36(45)31-28-17-18-37(47-28)32(31)34(43)40(25(5)22-41)33(37)35(44)39(19-7-2)27-20-23(3)15-16-24(27)4/h6-7,9-13,15-16,20,25,28-29,31-33,41H,1-2,8,14,17-19,21-22H2,3-5H3,(H,38,42)/t25-,28+,29+,31-,32-,33+,37-/m1/s1. The van der Waals surface area contributed by atoms with Gasteiger partial charge in [-0.15, -0.1) is 13.2 Å². The van der Waals surface area contributed by atoms with E-state index in [1.807, 2.05) is 62.4 Å². The number of esters is 1. The molecule has 0 aromatic heterocycles. The van der Waals surface area contributed by atoms with E-state index in [2.05, 4.69) is 18.5 Å². The first kappa shape index (κ1) is 34.1. The lowest BCUT2D eigenvalue weighted by atomic mass is 9.70. The van der Waals surface area contributed by atoms with Crippen molar-refractivity contribution in [2.24, 2.45) is 11.8 Å². The van der Waals surface area contributed by atoms with Crippen molar-refractivity contribution in [3.63, 3.8) is 0 Å². The Morgan fingerprint density at radius 2 is 1.91 bits per heavy atom. The van der Waals surface area contributed by atoms with Crippen LogP contribution >= 0.6 is 0 Å². The van der Waals surface area contributed by atoms with Gasteiger partial charge in [-0.3, -0.25) is 19.2 Å². The number of aliphatic hydroxyl groups is 1. The number of nitrogens with zero attached hydrogens (tertiary/aromatic N) is 2. The fraction of sp³-hybridized carbons (Fsp3) is 0.459. The molecule has 3 aliphatic rings. The second-order valence-electron chi connectivity index (χ2n) is 12.8. The summed E-state index contributed by atoms with van der Waals surface area (Å²) in [5.74, 6) is -3.51. The van der Waals surface area contributed by atoms with Gasteiger partial charge in [0.05, 0.1) is 37.1 Å². The third-order valence-electron chi connectivity index (χ3n) is 9.71. The van der Waals surface area contributed by atoms with E-state index in [1.165, 1.54) is 4.90 Å². The molecule has 10 nitrogen and oxygen atoms in total. The molecule has 3 aliphatic heterocycles. The molecule has 0 radical (unpaired) electrons. The van der Waals surface area contributed by atoms with E-state index in [9.17, 15) is 24.3 Å². The van der Waals surface area contributed by atoms with Crippen LogP contribution in [0.1, 0.15) is 55.4 Å². The van der Waals surface area contributed by atoms with Crippen LogP contribution < -0.4 is 10.2 Å². The van der Waals surface area contributed by atoms with Crippen LogP contribution in [0.3, 0.4) is 0 Å². The van der Waals surface area contributed by atoms with Gasteiger partial charge in [-0.2, -0.15) is 0 Å². The molecule has 2 N–H and O–H groups in total. The number of fused-ring (bicyclic) bond motifs is 1. The van der Waals surface area contributed by atoms with E-state index in [4.69, 9.17) is 9.47 Å². The van der Waals surface area contributed by atoms with E-state index in [0.717, 1.165) is 11.1 Å². The summed E-state index contributed by atoms with van der Waals surface area (Å²) < 4.78 is 12.7. The molecule has 47 heavy (non-hydrogen) atoms. The molecule has 3 amide bonds. The highest BCUT2D eigenvalue weighted by Gasteiger charge is 2.75. The summed E-state index contributed by atoms with van der Waals surface area (Å²) in [4.78, 5) is 58.7. The van der Waals surface area contributed by atoms with E-state index in [-0.39, 0.29) is 37.9 Å². The first-order valence-corrected chi connectivity index (χ1v) is 16.3. The molecule has 2 aromatic carbocycles. The predicted octanol–water partition coefficient (Wildman–Crippen LogP) is 3.94. The second-order valence-corrected chi connectivity index (χ2v) is 12.8. The summed E-state index contributed by atoms with van der Waals surface area (Å²) in [6.07, 6.45) is 3.52. The normalized spacial score (nSPS) is 25.5. The van der Waals surface area contributed by atoms with Gasteiger partial charge >= 0.3 is 5.97 Å². The quantitative estimate of drug-likeness (QED) is 0.236. The van der Waals surface area contributed by atoms with Gasteiger partial charge < -0.3 is 29.7 Å². The van der Waals surface area contributed by atoms with Gasteiger partial charge in [0, 0.05) is 18.7 Å². The maximum Gasteiger partial charge on any atom is 0.313 e. The Labute approximate surface area is 276 Å².